The van der Waals surface area contributed by atoms with Gasteiger partial charge in [0.15, 0.2) is 0 Å². The Morgan fingerprint density at radius 1 is 1.11 bits per heavy atom. The number of hydrogen-bond donors (Lipinski definition) is 3. The fraction of sp³-hybridized carbons (Fsp3) is 0.222. The molecule has 0 bridgehead atoms. The van der Waals surface area contributed by atoms with Crippen molar-refractivity contribution in [3.8, 4) is 0 Å². The Morgan fingerprint density at radius 2 is 1.97 bits per heavy atom. The Balaban J connectivity index is 1.30. The molecule has 5 rings (SSSR count). The quantitative estimate of drug-likeness (QED) is 0.340. The zero-order valence-electron chi connectivity index (χ0n) is 19.9. The molecule has 1 fully saturated rings. The summed E-state index contributed by atoms with van der Waals surface area (Å²) < 4.78 is 5.31. The van der Waals surface area contributed by atoms with Gasteiger partial charge in [0.05, 0.1) is 30.8 Å². The molecule has 0 radical (unpaired) electrons. The van der Waals surface area contributed by atoms with Gasteiger partial charge in [-0.15, -0.1) is 11.3 Å². The molecule has 2 aromatic carbocycles. The first-order chi connectivity index (χ1) is 17.5. The Morgan fingerprint density at radius 3 is 2.78 bits per heavy atom. The molecular formula is C27H27N5O3S. The number of carbonyl (C=O) groups excluding carboxylic acids is 2. The number of nitrogens with zero attached hydrogens (tertiary/aromatic N) is 2. The molecule has 3 N–H and O–H groups in total. The number of fused-ring (bicyclic) bond motifs is 1. The maximum atomic E-state index is 12.5. The van der Waals surface area contributed by atoms with Gasteiger partial charge in [0.1, 0.15) is 0 Å². The first-order valence-corrected chi connectivity index (χ1v) is 12.7. The molecule has 0 saturated carbocycles. The van der Waals surface area contributed by atoms with Gasteiger partial charge >= 0.3 is 6.03 Å². The van der Waals surface area contributed by atoms with Gasteiger partial charge in [0.2, 0.25) is 5.91 Å². The van der Waals surface area contributed by atoms with Gasteiger partial charge in [-0.1, -0.05) is 24.3 Å². The average molecular weight is 502 g/mol. The summed E-state index contributed by atoms with van der Waals surface area (Å²) in [6.45, 7) is 4.27. The minimum Gasteiger partial charge on any atom is -0.378 e. The summed E-state index contributed by atoms with van der Waals surface area (Å²) in [7, 11) is 0. The van der Waals surface area contributed by atoms with Gasteiger partial charge in [0, 0.05) is 34.7 Å². The first-order valence-electron chi connectivity index (χ1n) is 11.8. The van der Waals surface area contributed by atoms with Crippen LogP contribution in [0.15, 0.2) is 53.9 Å². The second kappa shape index (κ2) is 10.8. The van der Waals surface area contributed by atoms with Crippen LogP contribution in [0.4, 0.5) is 16.2 Å². The van der Waals surface area contributed by atoms with E-state index in [0.29, 0.717) is 32.7 Å². The molecule has 9 heteroatoms. The lowest BCUT2D eigenvalue weighted by atomic mass is 10.1. The molecule has 1 aliphatic rings. The second-order valence-corrected chi connectivity index (χ2v) is 9.65. The van der Waals surface area contributed by atoms with Crippen LogP contribution in [-0.2, 0) is 16.0 Å². The van der Waals surface area contributed by atoms with E-state index >= 15 is 0 Å². The molecule has 1 saturated heterocycles. The van der Waals surface area contributed by atoms with E-state index in [1.165, 1.54) is 0 Å². The Kier molecular flexibility index (Phi) is 7.11. The third kappa shape index (κ3) is 5.64. The monoisotopic (exact) mass is 501 g/mol. The van der Waals surface area contributed by atoms with E-state index in [1.807, 2.05) is 73.0 Å². The first kappa shape index (κ1) is 23.8. The Hall–Kier alpha value is -3.95. The molecule has 1 aliphatic heterocycles. The number of rotatable bonds is 6. The zero-order chi connectivity index (χ0) is 24.9. The summed E-state index contributed by atoms with van der Waals surface area (Å²) in [5, 5.41) is 16.4. The maximum absolute atomic E-state index is 12.5. The predicted octanol–water partition coefficient (Wildman–Crippen LogP) is 5.15. The molecule has 8 nitrogen and oxygen atoms in total. The smallest absolute Gasteiger partial charge is 0.321 e. The summed E-state index contributed by atoms with van der Waals surface area (Å²) in [5.41, 5.74) is 5.06. The van der Waals surface area contributed by atoms with Crippen LogP contribution in [0.3, 0.4) is 0 Å². The van der Waals surface area contributed by atoms with Crippen LogP contribution in [0.2, 0.25) is 0 Å². The summed E-state index contributed by atoms with van der Waals surface area (Å²) >= 11 is 1.57. The Bertz CT molecular complexity index is 1400. The highest BCUT2D eigenvalue weighted by molar-refractivity contribution is 7.10. The van der Waals surface area contributed by atoms with Crippen molar-refractivity contribution in [2.75, 3.05) is 36.9 Å². The number of anilines is 2. The van der Waals surface area contributed by atoms with Crippen molar-refractivity contribution in [2.24, 2.45) is 0 Å². The van der Waals surface area contributed by atoms with Crippen molar-refractivity contribution < 1.29 is 14.3 Å². The number of morpholine rings is 1. The lowest BCUT2D eigenvalue weighted by Crippen LogP contribution is -2.43. The van der Waals surface area contributed by atoms with Gasteiger partial charge in [-0.25, -0.2) is 4.79 Å². The third-order valence-electron chi connectivity index (χ3n) is 6.00. The van der Waals surface area contributed by atoms with Gasteiger partial charge < -0.3 is 20.3 Å². The maximum Gasteiger partial charge on any atom is 0.321 e. The number of aromatic nitrogens is 2. The molecule has 0 spiro atoms. The van der Waals surface area contributed by atoms with Crippen molar-refractivity contribution in [2.45, 2.75) is 13.3 Å². The zero-order valence-corrected chi connectivity index (χ0v) is 20.7. The summed E-state index contributed by atoms with van der Waals surface area (Å²) in [6, 6.07) is 15.4. The summed E-state index contributed by atoms with van der Waals surface area (Å²) in [6.07, 6.45) is 4.23. The Labute approximate surface area is 213 Å². The summed E-state index contributed by atoms with van der Waals surface area (Å²) in [5.74, 6) is -0.0450. The number of carbonyl (C=O) groups is 2. The van der Waals surface area contributed by atoms with Crippen molar-refractivity contribution in [3.63, 3.8) is 0 Å². The number of hydrogen-bond acceptors (Lipinski definition) is 5. The van der Waals surface area contributed by atoms with Gasteiger partial charge in [0.25, 0.3) is 0 Å². The van der Waals surface area contributed by atoms with Crippen molar-refractivity contribution in [3.05, 3.63) is 75.6 Å². The van der Waals surface area contributed by atoms with E-state index in [4.69, 9.17) is 4.74 Å². The fourth-order valence-electron chi connectivity index (χ4n) is 4.08. The summed E-state index contributed by atoms with van der Waals surface area (Å²) in [4.78, 5) is 27.8. The van der Waals surface area contributed by atoms with Crippen LogP contribution in [0.5, 0.6) is 0 Å². The van der Waals surface area contributed by atoms with E-state index in [1.54, 1.807) is 16.2 Å². The topological polar surface area (TPSA) is 99.3 Å². The highest BCUT2D eigenvalue weighted by atomic mass is 32.1. The average Bonchev–Trinajstić information content (AvgIpc) is 3.53. The molecule has 0 aliphatic carbocycles. The van der Waals surface area contributed by atoms with Gasteiger partial charge in [-0.3, -0.25) is 9.89 Å². The number of urea groups is 1. The van der Waals surface area contributed by atoms with E-state index in [0.717, 1.165) is 44.0 Å². The van der Waals surface area contributed by atoms with E-state index in [-0.39, 0.29) is 11.9 Å². The third-order valence-corrected chi connectivity index (χ3v) is 6.87. The van der Waals surface area contributed by atoms with Crippen LogP contribution < -0.4 is 10.6 Å². The lowest BCUT2D eigenvalue weighted by molar-refractivity contribution is -0.115. The van der Waals surface area contributed by atoms with E-state index in [2.05, 4.69) is 20.8 Å². The standard InChI is InChI=1S/C27H27N5O3S/c1-18-14-25-22(17-24(18)29-26(33)16-21-6-3-13-36-21)23(30-31-25)8-7-19-4-2-5-20(15-19)28-27(34)32-9-11-35-12-10-32/h2-8,13-15,17H,9-12,16H2,1H3,(H,28,34)(H,29,33)(H,30,31)/b8-7+. The number of aromatic amines is 1. The van der Waals surface area contributed by atoms with Gasteiger partial charge in [-0.05, 0) is 59.8 Å². The van der Waals surface area contributed by atoms with Gasteiger partial charge in [-0.2, -0.15) is 5.10 Å². The van der Waals surface area contributed by atoms with Crippen LogP contribution in [0.1, 0.15) is 21.7 Å². The largest absolute Gasteiger partial charge is 0.378 e. The number of benzene rings is 2. The van der Waals surface area contributed by atoms with Crippen LogP contribution in [0, 0.1) is 6.92 Å². The molecule has 184 valence electrons. The van der Waals surface area contributed by atoms with Crippen molar-refractivity contribution in [1.82, 2.24) is 15.1 Å². The van der Waals surface area contributed by atoms with E-state index < -0.39 is 0 Å². The van der Waals surface area contributed by atoms with Crippen LogP contribution in [0.25, 0.3) is 23.1 Å². The number of ether oxygens (including phenoxy) is 1. The number of nitrogens with one attached hydrogen (secondary N) is 3. The normalized spacial score (nSPS) is 13.9. The van der Waals surface area contributed by atoms with Crippen LogP contribution in [-0.4, -0.2) is 53.3 Å². The van der Waals surface area contributed by atoms with Crippen molar-refractivity contribution >= 4 is 57.7 Å². The minimum absolute atomic E-state index is 0.0450. The SMILES string of the molecule is Cc1cc2[nH]nc(/C=C/c3cccc(NC(=O)N4CCOCC4)c3)c2cc1NC(=O)Cc1cccs1. The lowest BCUT2D eigenvalue weighted by Gasteiger charge is -2.26. The molecule has 4 aromatic rings. The fourth-order valence-corrected chi connectivity index (χ4v) is 4.79. The molecule has 2 aromatic heterocycles. The van der Waals surface area contributed by atoms with Crippen LogP contribution >= 0.6 is 11.3 Å². The van der Waals surface area contributed by atoms with E-state index in [9.17, 15) is 9.59 Å². The number of aryl methyl sites for hydroxylation is 1. The second-order valence-electron chi connectivity index (χ2n) is 8.61. The molecule has 3 heterocycles. The molecule has 0 unspecified atom stereocenters. The molecule has 3 amide bonds. The number of thiophene rings is 1. The van der Waals surface area contributed by atoms with Crippen molar-refractivity contribution in [1.29, 1.82) is 0 Å². The highest BCUT2D eigenvalue weighted by Gasteiger charge is 2.16. The minimum atomic E-state index is -0.123. The highest BCUT2D eigenvalue weighted by Crippen LogP contribution is 2.26. The number of amides is 3. The molecule has 36 heavy (non-hydrogen) atoms. The molecule has 0 atom stereocenters. The predicted molar refractivity (Wildman–Crippen MR) is 144 cm³/mol. The number of H-pyrrole nitrogens is 1. The molecular weight excluding hydrogens is 474 g/mol.